The highest BCUT2D eigenvalue weighted by Gasteiger charge is 2.21. The van der Waals surface area contributed by atoms with Crippen molar-refractivity contribution in [2.45, 2.75) is 46.5 Å². The summed E-state index contributed by atoms with van der Waals surface area (Å²) in [6.07, 6.45) is -0.180. The molecule has 4 heteroatoms. The smallest absolute Gasteiger partial charge is 0.236 e. The molecule has 2 aromatic carbocycles. The number of rotatable bonds is 5. The maximum absolute atomic E-state index is 12.6. The second-order valence-corrected chi connectivity index (χ2v) is 7.50. The Morgan fingerprint density at radius 2 is 1.73 bits per heavy atom. The lowest BCUT2D eigenvalue weighted by molar-refractivity contribution is -0.125. The van der Waals surface area contributed by atoms with E-state index in [1.54, 1.807) is 4.90 Å². The van der Waals surface area contributed by atoms with Crippen molar-refractivity contribution in [3.05, 3.63) is 59.7 Å². The number of hydrogen-bond donors (Lipinski definition) is 1. The summed E-state index contributed by atoms with van der Waals surface area (Å²) in [7, 11) is 0. The van der Waals surface area contributed by atoms with E-state index < -0.39 is 0 Å². The number of hydrogen-bond acceptors (Lipinski definition) is 2. The summed E-state index contributed by atoms with van der Waals surface area (Å²) in [5, 5.41) is 2.90. The quantitative estimate of drug-likeness (QED) is 0.795. The lowest BCUT2D eigenvalue weighted by Gasteiger charge is -2.24. The Kier molecular flexibility index (Phi) is 6.19. The molecule has 1 N–H and O–H groups in total. The molecule has 0 fully saturated rings. The summed E-state index contributed by atoms with van der Waals surface area (Å²) in [6.45, 7) is 10.7. The lowest BCUT2D eigenvalue weighted by Crippen LogP contribution is -2.33. The van der Waals surface area contributed by atoms with Gasteiger partial charge in [0.1, 0.15) is 6.42 Å². The Hall–Kier alpha value is -2.62. The van der Waals surface area contributed by atoms with Gasteiger partial charge in [0, 0.05) is 17.9 Å². The van der Waals surface area contributed by atoms with Gasteiger partial charge >= 0.3 is 0 Å². The highest BCUT2D eigenvalue weighted by atomic mass is 16.2. The van der Waals surface area contributed by atoms with Crippen molar-refractivity contribution in [1.82, 2.24) is 0 Å². The lowest BCUT2D eigenvalue weighted by atomic mass is 9.86. The van der Waals surface area contributed by atoms with E-state index in [1.807, 2.05) is 62.4 Å². The zero-order valence-corrected chi connectivity index (χ0v) is 16.3. The molecule has 2 aromatic rings. The maximum atomic E-state index is 12.6. The van der Waals surface area contributed by atoms with Gasteiger partial charge in [-0.2, -0.15) is 0 Å². The number of carbonyl (C=O) groups excluding carboxylic acids is 2. The van der Waals surface area contributed by atoms with Crippen LogP contribution in [0.1, 0.15) is 45.2 Å². The minimum Gasteiger partial charge on any atom is -0.325 e. The van der Waals surface area contributed by atoms with E-state index in [0.29, 0.717) is 6.54 Å². The molecule has 0 saturated carbocycles. The molecule has 0 aliphatic heterocycles. The average Bonchev–Trinajstić information content (AvgIpc) is 2.55. The Morgan fingerprint density at radius 3 is 2.35 bits per heavy atom. The Morgan fingerprint density at radius 1 is 1.04 bits per heavy atom. The third kappa shape index (κ3) is 4.94. The summed E-state index contributed by atoms with van der Waals surface area (Å²) in [4.78, 5) is 26.7. The van der Waals surface area contributed by atoms with Gasteiger partial charge in [0.05, 0.1) is 0 Å². The molecule has 0 radical (unpaired) electrons. The van der Waals surface area contributed by atoms with Gasteiger partial charge in [0.25, 0.3) is 0 Å². The number of para-hydroxylation sites is 1. The second-order valence-electron chi connectivity index (χ2n) is 7.50. The molecule has 0 spiro atoms. The van der Waals surface area contributed by atoms with Crippen LogP contribution >= 0.6 is 0 Å². The van der Waals surface area contributed by atoms with Crippen molar-refractivity contribution in [2.24, 2.45) is 0 Å². The van der Waals surface area contributed by atoms with E-state index >= 15 is 0 Å². The van der Waals surface area contributed by atoms with E-state index in [9.17, 15) is 9.59 Å². The molecule has 0 aliphatic carbocycles. The van der Waals surface area contributed by atoms with E-state index in [4.69, 9.17) is 0 Å². The summed E-state index contributed by atoms with van der Waals surface area (Å²) >= 11 is 0. The van der Waals surface area contributed by atoms with Gasteiger partial charge in [-0.15, -0.1) is 0 Å². The number of amides is 2. The standard InChI is InChI=1S/C22H28N2O2/c1-6-24(17-11-9-10-16(2)14-17)21(26)15-20(25)23-19-13-8-7-12-18(19)22(3,4)5/h7-14H,6,15H2,1-5H3,(H,23,25). The van der Waals surface area contributed by atoms with Crippen molar-refractivity contribution in [1.29, 1.82) is 0 Å². The zero-order valence-electron chi connectivity index (χ0n) is 16.3. The fraction of sp³-hybridized carbons (Fsp3) is 0.364. The molecular weight excluding hydrogens is 324 g/mol. The molecule has 2 rings (SSSR count). The molecule has 0 aromatic heterocycles. The van der Waals surface area contributed by atoms with Crippen LogP contribution in [0.2, 0.25) is 0 Å². The second kappa shape index (κ2) is 8.17. The SMILES string of the molecule is CCN(C(=O)CC(=O)Nc1ccccc1C(C)(C)C)c1cccc(C)c1. The van der Waals surface area contributed by atoms with Crippen LogP contribution in [0.5, 0.6) is 0 Å². The molecule has 0 heterocycles. The van der Waals surface area contributed by atoms with Crippen LogP contribution in [0.25, 0.3) is 0 Å². The van der Waals surface area contributed by atoms with Crippen molar-refractivity contribution in [3.8, 4) is 0 Å². The highest BCUT2D eigenvalue weighted by Crippen LogP contribution is 2.29. The summed E-state index contributed by atoms with van der Waals surface area (Å²) < 4.78 is 0. The Balaban J connectivity index is 2.11. The van der Waals surface area contributed by atoms with Crippen LogP contribution in [-0.2, 0) is 15.0 Å². The van der Waals surface area contributed by atoms with Gasteiger partial charge in [-0.3, -0.25) is 9.59 Å². The van der Waals surface area contributed by atoms with Crippen molar-refractivity contribution in [2.75, 3.05) is 16.8 Å². The number of nitrogens with zero attached hydrogens (tertiary/aromatic N) is 1. The monoisotopic (exact) mass is 352 g/mol. The van der Waals surface area contributed by atoms with Crippen LogP contribution in [0, 0.1) is 6.92 Å². The Labute approximate surface area is 156 Å². The van der Waals surface area contributed by atoms with Gasteiger partial charge < -0.3 is 10.2 Å². The van der Waals surface area contributed by atoms with Gasteiger partial charge in [0.2, 0.25) is 11.8 Å². The zero-order chi connectivity index (χ0) is 19.3. The molecule has 0 saturated heterocycles. The topological polar surface area (TPSA) is 49.4 Å². The van der Waals surface area contributed by atoms with Crippen molar-refractivity contribution in [3.63, 3.8) is 0 Å². The molecule has 2 amide bonds. The molecule has 0 unspecified atom stereocenters. The fourth-order valence-electron chi connectivity index (χ4n) is 2.97. The maximum Gasteiger partial charge on any atom is 0.236 e. The average molecular weight is 352 g/mol. The molecule has 0 atom stereocenters. The molecule has 0 bridgehead atoms. The first-order valence-electron chi connectivity index (χ1n) is 8.98. The van der Waals surface area contributed by atoms with Crippen LogP contribution < -0.4 is 10.2 Å². The molecule has 4 nitrogen and oxygen atoms in total. The van der Waals surface area contributed by atoms with Crippen LogP contribution in [-0.4, -0.2) is 18.4 Å². The van der Waals surface area contributed by atoms with Gasteiger partial charge in [-0.1, -0.05) is 51.1 Å². The first-order valence-corrected chi connectivity index (χ1v) is 8.98. The van der Waals surface area contributed by atoms with Gasteiger partial charge in [-0.05, 0) is 48.6 Å². The Bertz CT molecular complexity index is 791. The summed E-state index contributed by atoms with van der Waals surface area (Å²) in [5.41, 5.74) is 3.62. The van der Waals surface area contributed by atoms with Crippen LogP contribution in [0.3, 0.4) is 0 Å². The van der Waals surface area contributed by atoms with E-state index in [0.717, 1.165) is 22.5 Å². The molecule has 26 heavy (non-hydrogen) atoms. The number of nitrogens with one attached hydrogen (secondary N) is 1. The van der Waals surface area contributed by atoms with Gasteiger partial charge in [0.15, 0.2) is 0 Å². The van der Waals surface area contributed by atoms with Crippen LogP contribution in [0.15, 0.2) is 48.5 Å². The number of carbonyl (C=O) groups is 2. The van der Waals surface area contributed by atoms with Crippen molar-refractivity contribution < 1.29 is 9.59 Å². The van der Waals surface area contributed by atoms with Gasteiger partial charge in [-0.25, -0.2) is 0 Å². The molecular formula is C22H28N2O2. The first kappa shape index (κ1) is 19.7. The summed E-state index contributed by atoms with van der Waals surface area (Å²) in [6, 6.07) is 15.5. The fourth-order valence-corrected chi connectivity index (χ4v) is 2.97. The largest absolute Gasteiger partial charge is 0.325 e. The number of aryl methyl sites for hydroxylation is 1. The van der Waals surface area contributed by atoms with E-state index in [1.165, 1.54) is 0 Å². The third-order valence-electron chi connectivity index (χ3n) is 4.25. The normalized spacial score (nSPS) is 11.1. The minimum absolute atomic E-state index is 0.0924. The van der Waals surface area contributed by atoms with E-state index in [-0.39, 0.29) is 23.7 Å². The van der Waals surface area contributed by atoms with Crippen molar-refractivity contribution >= 4 is 23.2 Å². The predicted octanol–water partition coefficient (Wildman–Crippen LogP) is 4.67. The highest BCUT2D eigenvalue weighted by molar-refractivity contribution is 6.09. The van der Waals surface area contributed by atoms with E-state index in [2.05, 4.69) is 26.1 Å². The predicted molar refractivity (Wildman–Crippen MR) is 108 cm³/mol. The molecule has 138 valence electrons. The van der Waals surface area contributed by atoms with Crippen LogP contribution in [0.4, 0.5) is 11.4 Å². The summed E-state index contributed by atoms with van der Waals surface area (Å²) in [5.74, 6) is -0.498. The number of benzene rings is 2. The minimum atomic E-state index is -0.294. The number of anilines is 2. The first-order chi connectivity index (χ1) is 12.2. The third-order valence-corrected chi connectivity index (χ3v) is 4.25. The molecule has 0 aliphatic rings.